The zero-order valence-corrected chi connectivity index (χ0v) is 9.32. The van der Waals surface area contributed by atoms with Crippen LogP contribution < -0.4 is 5.32 Å². The number of thiazole rings is 1. The highest BCUT2D eigenvalue weighted by atomic mass is 32.2. The van der Waals surface area contributed by atoms with Crippen LogP contribution in [0, 0.1) is 0 Å². The van der Waals surface area contributed by atoms with Crippen molar-refractivity contribution in [2.24, 2.45) is 0 Å². The molecule has 0 spiro atoms. The van der Waals surface area contributed by atoms with Gasteiger partial charge < -0.3 is 5.32 Å². The van der Waals surface area contributed by atoms with Crippen molar-refractivity contribution in [3.8, 4) is 0 Å². The smallest absolute Gasteiger partial charge is 0.305 e. The van der Waals surface area contributed by atoms with Gasteiger partial charge in [0.25, 0.3) is 9.84 Å². The van der Waals surface area contributed by atoms with Gasteiger partial charge in [-0.1, -0.05) is 11.3 Å². The molecule has 94 valence electrons. The highest BCUT2D eigenvalue weighted by Crippen LogP contribution is 2.29. The minimum atomic E-state index is -5.49. The monoisotopic (exact) mass is 288 g/mol. The minimum absolute atomic E-state index is 0.167. The van der Waals surface area contributed by atoms with Crippen molar-refractivity contribution in [1.29, 1.82) is 0 Å². The molecule has 0 aliphatic rings. The number of aromatic nitrogens is 1. The average Bonchev–Trinajstić information content (AvgIpc) is 2.65. The van der Waals surface area contributed by atoms with Crippen molar-refractivity contribution in [1.82, 2.24) is 4.98 Å². The van der Waals surface area contributed by atoms with Crippen LogP contribution in [0.5, 0.6) is 0 Å². The van der Waals surface area contributed by atoms with Gasteiger partial charge in [-0.25, -0.2) is 13.4 Å². The number of halogens is 3. The van der Waals surface area contributed by atoms with Crippen LogP contribution in [0.15, 0.2) is 10.4 Å². The Hall–Kier alpha value is -1.49. The van der Waals surface area contributed by atoms with Gasteiger partial charge in [-0.05, 0) is 0 Å². The van der Waals surface area contributed by atoms with Gasteiger partial charge in [0, 0.05) is 0 Å². The van der Waals surface area contributed by atoms with Crippen LogP contribution in [0.3, 0.4) is 0 Å². The number of nitrogens with one attached hydrogen (secondary N) is 1. The topological polar surface area (TPSA) is 93.2 Å². The largest absolute Gasteiger partial charge is 0.466 e. The van der Waals surface area contributed by atoms with E-state index in [9.17, 15) is 31.2 Å². The van der Waals surface area contributed by atoms with Crippen LogP contribution in [0.1, 0.15) is 0 Å². The van der Waals surface area contributed by atoms with Gasteiger partial charge in [0.05, 0.1) is 6.20 Å². The molecule has 0 saturated heterocycles. The van der Waals surface area contributed by atoms with Gasteiger partial charge >= 0.3 is 11.3 Å². The lowest BCUT2D eigenvalue weighted by molar-refractivity contribution is -0.161. The van der Waals surface area contributed by atoms with Crippen LogP contribution in [0.25, 0.3) is 0 Å². The molecule has 0 fully saturated rings. The maximum Gasteiger partial charge on any atom is 0.466 e. The first-order chi connectivity index (χ1) is 7.69. The number of carbonyl (C=O) groups excluding carboxylic acids is 2. The number of carbonyl (C=O) groups is 2. The van der Waals surface area contributed by atoms with Crippen LogP contribution in [-0.2, 0) is 19.4 Å². The number of hydrogen-bond acceptors (Lipinski definition) is 6. The van der Waals surface area contributed by atoms with Crippen LogP contribution in [-0.4, -0.2) is 31.1 Å². The first-order valence-corrected chi connectivity index (χ1v) is 6.02. The van der Waals surface area contributed by atoms with E-state index in [0.717, 1.165) is 0 Å². The molecule has 1 amide bonds. The minimum Gasteiger partial charge on any atom is -0.305 e. The van der Waals surface area contributed by atoms with Crippen molar-refractivity contribution in [2.75, 3.05) is 5.32 Å². The second kappa shape index (κ2) is 4.41. The van der Waals surface area contributed by atoms with Gasteiger partial charge in [0.15, 0.2) is 5.13 Å². The van der Waals surface area contributed by atoms with E-state index in [1.54, 1.807) is 0 Å². The van der Waals surface area contributed by atoms with Crippen LogP contribution in [0.2, 0.25) is 0 Å². The van der Waals surface area contributed by atoms with E-state index in [2.05, 4.69) is 4.98 Å². The fraction of sp³-hybridized carbons (Fsp3) is 0.167. The molecule has 6 nitrogen and oxygen atoms in total. The van der Waals surface area contributed by atoms with Crippen molar-refractivity contribution in [3.63, 3.8) is 0 Å². The number of sulfone groups is 1. The van der Waals surface area contributed by atoms with Gasteiger partial charge in [0.2, 0.25) is 6.41 Å². The van der Waals surface area contributed by atoms with Crippen LogP contribution >= 0.6 is 11.3 Å². The lowest BCUT2D eigenvalue weighted by atomic mass is 10.8. The molecule has 0 radical (unpaired) electrons. The molecule has 1 aromatic rings. The van der Waals surface area contributed by atoms with Gasteiger partial charge in [0.1, 0.15) is 4.21 Å². The third kappa shape index (κ3) is 2.79. The zero-order chi connectivity index (χ0) is 13.3. The average molecular weight is 288 g/mol. The van der Waals surface area contributed by atoms with Crippen molar-refractivity contribution in [3.05, 3.63) is 6.20 Å². The van der Waals surface area contributed by atoms with Crippen molar-refractivity contribution < 1.29 is 31.2 Å². The summed E-state index contributed by atoms with van der Waals surface area (Å²) in [7, 11) is -5.16. The number of alkyl halides is 3. The summed E-state index contributed by atoms with van der Waals surface area (Å²) >= 11 is 0.247. The van der Waals surface area contributed by atoms with E-state index in [-0.39, 0.29) is 22.9 Å². The highest BCUT2D eigenvalue weighted by Gasteiger charge is 2.48. The van der Waals surface area contributed by atoms with Gasteiger partial charge in [-0.15, -0.1) is 0 Å². The maximum atomic E-state index is 12.0. The van der Waals surface area contributed by atoms with E-state index in [1.165, 1.54) is 0 Å². The van der Waals surface area contributed by atoms with E-state index < -0.39 is 25.3 Å². The number of hydrogen-bond donors (Lipinski definition) is 1. The Bertz CT molecular complexity index is 548. The standard InChI is InChI=1S/C6H3F3N2O4S2/c7-6(8,9)4(13)17(14,15)3-1-10-5(16-3)11-2-12/h1-2H,(H,10,11,12). The zero-order valence-electron chi connectivity index (χ0n) is 7.69. The van der Waals surface area contributed by atoms with E-state index in [0.29, 0.717) is 6.20 Å². The van der Waals surface area contributed by atoms with Crippen molar-refractivity contribution >= 4 is 37.8 Å². The number of amides is 1. The normalized spacial score (nSPS) is 12.2. The Balaban J connectivity index is 3.14. The molecule has 0 saturated carbocycles. The van der Waals surface area contributed by atoms with Crippen molar-refractivity contribution in [2.45, 2.75) is 10.4 Å². The Labute approximate surface area is 96.4 Å². The third-order valence-electron chi connectivity index (χ3n) is 1.41. The second-order valence-corrected chi connectivity index (χ2v) is 5.64. The SMILES string of the molecule is O=CNc1ncc(S(=O)(=O)C(=O)C(F)(F)F)s1. The number of rotatable bonds is 3. The van der Waals surface area contributed by atoms with E-state index in [4.69, 9.17) is 0 Å². The molecule has 17 heavy (non-hydrogen) atoms. The summed E-state index contributed by atoms with van der Waals surface area (Å²) in [6.07, 6.45) is -4.75. The summed E-state index contributed by atoms with van der Waals surface area (Å²) in [4.78, 5) is 23.9. The third-order valence-corrected chi connectivity index (χ3v) is 4.39. The molecular weight excluding hydrogens is 285 g/mol. The predicted molar refractivity (Wildman–Crippen MR) is 50.0 cm³/mol. The molecule has 0 atom stereocenters. The molecule has 1 rings (SSSR count). The summed E-state index contributed by atoms with van der Waals surface area (Å²) in [5, 5.41) is -1.15. The number of anilines is 1. The fourth-order valence-corrected chi connectivity index (χ4v) is 2.83. The molecule has 0 aliphatic heterocycles. The molecule has 11 heteroatoms. The summed E-state index contributed by atoms with van der Waals surface area (Å²) in [6, 6.07) is 0. The Morgan fingerprint density at radius 2 is 2.06 bits per heavy atom. The first kappa shape index (κ1) is 13.6. The summed E-state index contributed by atoms with van der Waals surface area (Å²) in [6.45, 7) is 0. The Morgan fingerprint density at radius 1 is 1.47 bits per heavy atom. The Morgan fingerprint density at radius 3 is 2.53 bits per heavy atom. The van der Waals surface area contributed by atoms with E-state index in [1.807, 2.05) is 5.32 Å². The molecule has 1 aromatic heterocycles. The lowest BCUT2D eigenvalue weighted by Crippen LogP contribution is -2.30. The molecule has 1 heterocycles. The fourth-order valence-electron chi connectivity index (χ4n) is 0.744. The predicted octanol–water partition coefficient (Wildman–Crippen LogP) is 0.574. The lowest BCUT2D eigenvalue weighted by Gasteiger charge is -2.03. The van der Waals surface area contributed by atoms with Gasteiger partial charge in [-0.2, -0.15) is 13.2 Å². The number of nitrogens with zero attached hydrogens (tertiary/aromatic N) is 1. The molecule has 0 unspecified atom stereocenters. The van der Waals surface area contributed by atoms with Crippen LogP contribution in [0.4, 0.5) is 18.3 Å². The first-order valence-electron chi connectivity index (χ1n) is 3.72. The maximum absolute atomic E-state index is 12.0. The molecule has 0 aliphatic carbocycles. The molecule has 0 bridgehead atoms. The summed E-state index contributed by atoms with van der Waals surface area (Å²) < 4.78 is 57.4. The highest BCUT2D eigenvalue weighted by molar-refractivity contribution is 8.07. The Kier molecular flexibility index (Phi) is 3.52. The molecule has 0 aromatic carbocycles. The quantitative estimate of drug-likeness (QED) is 0.821. The second-order valence-electron chi connectivity index (χ2n) is 2.54. The summed E-state index contributed by atoms with van der Waals surface area (Å²) in [5.74, 6) is 0. The molecule has 1 N–H and O–H groups in total. The summed E-state index contributed by atoms with van der Waals surface area (Å²) in [5.41, 5.74) is 0. The van der Waals surface area contributed by atoms with E-state index >= 15 is 0 Å². The molecular formula is C6H3F3N2O4S2. The van der Waals surface area contributed by atoms with Gasteiger partial charge in [-0.3, -0.25) is 9.59 Å².